The molecule has 0 aliphatic heterocycles. The van der Waals surface area contributed by atoms with E-state index in [0.29, 0.717) is 10.5 Å². The second-order valence-electron chi connectivity index (χ2n) is 3.69. The smallest absolute Gasteiger partial charge is 0.263 e. The van der Waals surface area contributed by atoms with Crippen molar-refractivity contribution in [2.45, 2.75) is 4.90 Å². The predicted octanol–water partition coefficient (Wildman–Crippen LogP) is 3.69. The second-order valence-corrected chi connectivity index (χ2v) is 7.14. The van der Waals surface area contributed by atoms with Crippen molar-refractivity contribution in [2.24, 2.45) is 0 Å². The van der Waals surface area contributed by atoms with Gasteiger partial charge in [0.25, 0.3) is 10.0 Å². The summed E-state index contributed by atoms with van der Waals surface area (Å²) in [7, 11) is -4.01. The minimum absolute atomic E-state index is 0.0519. The molecule has 0 saturated heterocycles. The Balaban J connectivity index is 2.41. The van der Waals surface area contributed by atoms with Crippen LogP contribution in [0, 0.1) is 11.6 Å². The molecule has 0 spiro atoms. The van der Waals surface area contributed by atoms with E-state index in [4.69, 9.17) is 0 Å². The zero-order valence-electron chi connectivity index (χ0n) is 9.57. The molecule has 0 bridgehead atoms. The van der Waals surface area contributed by atoms with E-state index in [1.165, 1.54) is 12.3 Å². The van der Waals surface area contributed by atoms with Gasteiger partial charge in [0.2, 0.25) is 0 Å². The summed E-state index contributed by atoms with van der Waals surface area (Å²) in [5.41, 5.74) is -0.363. The number of aromatic nitrogens is 1. The number of nitrogens with one attached hydrogen (secondary N) is 1. The molecule has 1 N–H and O–H groups in total. The van der Waals surface area contributed by atoms with Crippen molar-refractivity contribution in [3.05, 3.63) is 51.2 Å². The standard InChI is InChI=1S/C11H6Br2F2N2O2S/c12-6-1-7(5-16-4-6)20(18,19)17-11-2-8(13)9(14)3-10(11)15/h1-5,17H. The van der Waals surface area contributed by atoms with Gasteiger partial charge in [-0.2, -0.15) is 0 Å². The predicted molar refractivity (Wildman–Crippen MR) is 76.8 cm³/mol. The summed E-state index contributed by atoms with van der Waals surface area (Å²) < 4.78 is 53.2. The molecule has 0 amide bonds. The Morgan fingerprint density at radius 1 is 1.05 bits per heavy atom. The fourth-order valence-corrected chi connectivity index (χ4v) is 3.25. The van der Waals surface area contributed by atoms with Gasteiger partial charge in [-0.15, -0.1) is 0 Å². The van der Waals surface area contributed by atoms with Gasteiger partial charge in [0, 0.05) is 22.9 Å². The van der Waals surface area contributed by atoms with Crippen LogP contribution >= 0.6 is 31.9 Å². The van der Waals surface area contributed by atoms with Gasteiger partial charge in [0.1, 0.15) is 16.5 Å². The Hall–Kier alpha value is -1.06. The van der Waals surface area contributed by atoms with E-state index in [2.05, 4.69) is 36.8 Å². The average molecular weight is 428 g/mol. The highest BCUT2D eigenvalue weighted by atomic mass is 79.9. The molecule has 20 heavy (non-hydrogen) atoms. The number of hydrogen-bond donors (Lipinski definition) is 1. The molecule has 1 aromatic carbocycles. The van der Waals surface area contributed by atoms with E-state index in [0.717, 1.165) is 12.3 Å². The minimum Gasteiger partial charge on any atom is -0.277 e. The largest absolute Gasteiger partial charge is 0.277 e. The Morgan fingerprint density at radius 3 is 2.40 bits per heavy atom. The summed E-state index contributed by atoms with van der Waals surface area (Å²) >= 11 is 5.95. The molecule has 1 aromatic heterocycles. The lowest BCUT2D eigenvalue weighted by molar-refractivity contribution is 0.579. The molecule has 0 aliphatic carbocycles. The van der Waals surface area contributed by atoms with Crippen LogP contribution in [-0.2, 0) is 10.0 Å². The third kappa shape index (κ3) is 3.33. The molecule has 1 heterocycles. The topological polar surface area (TPSA) is 59.1 Å². The van der Waals surface area contributed by atoms with Gasteiger partial charge in [0.15, 0.2) is 0 Å². The molecule has 2 rings (SSSR count). The molecule has 0 fully saturated rings. The van der Waals surface area contributed by atoms with Gasteiger partial charge in [-0.05, 0) is 44.0 Å². The quantitative estimate of drug-likeness (QED) is 0.760. The Kier molecular flexibility index (Phi) is 4.40. The number of nitrogens with zero attached hydrogens (tertiary/aromatic N) is 1. The van der Waals surface area contributed by atoms with E-state index in [-0.39, 0.29) is 15.1 Å². The van der Waals surface area contributed by atoms with Crippen LogP contribution in [0.25, 0.3) is 0 Å². The second kappa shape index (κ2) is 5.74. The van der Waals surface area contributed by atoms with E-state index in [9.17, 15) is 17.2 Å². The van der Waals surface area contributed by atoms with Crippen LogP contribution < -0.4 is 4.72 Å². The maximum atomic E-state index is 13.5. The van der Waals surface area contributed by atoms with E-state index in [1.807, 2.05) is 4.72 Å². The molecule has 0 unspecified atom stereocenters. The number of anilines is 1. The first-order valence-corrected chi connectivity index (χ1v) is 8.14. The molecule has 0 atom stereocenters. The lowest BCUT2D eigenvalue weighted by Gasteiger charge is -2.09. The van der Waals surface area contributed by atoms with Crippen LogP contribution in [0.15, 0.2) is 44.4 Å². The van der Waals surface area contributed by atoms with Crippen LogP contribution in [0.5, 0.6) is 0 Å². The zero-order chi connectivity index (χ0) is 14.9. The van der Waals surface area contributed by atoms with Crippen molar-refractivity contribution >= 4 is 47.6 Å². The van der Waals surface area contributed by atoms with Crippen molar-refractivity contribution in [3.8, 4) is 0 Å². The first-order valence-electron chi connectivity index (χ1n) is 5.07. The number of rotatable bonds is 3. The van der Waals surface area contributed by atoms with Crippen LogP contribution in [0.3, 0.4) is 0 Å². The normalized spacial score (nSPS) is 11.4. The SMILES string of the molecule is O=S(=O)(Nc1cc(Br)c(F)cc1F)c1cncc(Br)c1. The minimum atomic E-state index is -4.01. The molecule has 0 radical (unpaired) electrons. The van der Waals surface area contributed by atoms with Gasteiger partial charge >= 0.3 is 0 Å². The van der Waals surface area contributed by atoms with Crippen molar-refractivity contribution < 1.29 is 17.2 Å². The van der Waals surface area contributed by atoms with Crippen molar-refractivity contribution in [1.29, 1.82) is 0 Å². The average Bonchev–Trinajstić information content (AvgIpc) is 2.36. The Bertz CT molecular complexity index is 769. The molecule has 4 nitrogen and oxygen atoms in total. The molecular weight excluding hydrogens is 422 g/mol. The third-order valence-electron chi connectivity index (χ3n) is 2.24. The van der Waals surface area contributed by atoms with E-state index in [1.54, 1.807) is 0 Å². The summed E-state index contributed by atoms with van der Waals surface area (Å²) in [5, 5.41) is 0. The monoisotopic (exact) mass is 426 g/mol. The van der Waals surface area contributed by atoms with E-state index >= 15 is 0 Å². The van der Waals surface area contributed by atoms with Crippen LogP contribution in [0.4, 0.5) is 14.5 Å². The first-order chi connectivity index (χ1) is 9.29. The van der Waals surface area contributed by atoms with Crippen LogP contribution in [0.2, 0.25) is 0 Å². The summed E-state index contributed by atoms with van der Waals surface area (Å²) in [6.45, 7) is 0. The summed E-state index contributed by atoms with van der Waals surface area (Å²) in [6.07, 6.45) is 2.53. The molecule has 0 saturated carbocycles. The van der Waals surface area contributed by atoms with Crippen molar-refractivity contribution in [3.63, 3.8) is 0 Å². The molecule has 2 aromatic rings. The number of benzene rings is 1. The van der Waals surface area contributed by atoms with Gasteiger partial charge < -0.3 is 0 Å². The lowest BCUT2D eigenvalue weighted by Crippen LogP contribution is -2.14. The molecule has 0 aliphatic rings. The molecular formula is C11H6Br2F2N2O2S. The van der Waals surface area contributed by atoms with Gasteiger partial charge in [-0.1, -0.05) is 0 Å². The lowest BCUT2D eigenvalue weighted by atomic mass is 10.3. The van der Waals surface area contributed by atoms with Crippen molar-refractivity contribution in [1.82, 2.24) is 4.98 Å². The van der Waals surface area contributed by atoms with E-state index < -0.39 is 21.7 Å². The molecule has 106 valence electrons. The number of sulfonamides is 1. The maximum Gasteiger partial charge on any atom is 0.263 e. The summed E-state index contributed by atoms with van der Waals surface area (Å²) in [4.78, 5) is 3.57. The summed E-state index contributed by atoms with van der Waals surface area (Å²) in [5.74, 6) is -1.84. The number of halogens is 4. The third-order valence-corrected chi connectivity index (χ3v) is 4.62. The fraction of sp³-hybridized carbons (Fsp3) is 0. The van der Waals surface area contributed by atoms with Gasteiger partial charge in [0.05, 0.1) is 10.2 Å². The number of hydrogen-bond acceptors (Lipinski definition) is 3. The van der Waals surface area contributed by atoms with Gasteiger partial charge in [-0.25, -0.2) is 17.2 Å². The first kappa shape index (κ1) is 15.3. The maximum absolute atomic E-state index is 13.5. The summed E-state index contributed by atoms with van der Waals surface area (Å²) in [6, 6.07) is 2.90. The van der Waals surface area contributed by atoms with Crippen molar-refractivity contribution in [2.75, 3.05) is 4.72 Å². The van der Waals surface area contributed by atoms with Crippen LogP contribution in [-0.4, -0.2) is 13.4 Å². The Labute approximate surface area is 130 Å². The molecule has 9 heteroatoms. The number of pyridine rings is 1. The highest BCUT2D eigenvalue weighted by Crippen LogP contribution is 2.26. The van der Waals surface area contributed by atoms with Crippen LogP contribution in [0.1, 0.15) is 0 Å². The Morgan fingerprint density at radius 2 is 1.75 bits per heavy atom. The highest BCUT2D eigenvalue weighted by Gasteiger charge is 2.18. The highest BCUT2D eigenvalue weighted by molar-refractivity contribution is 9.10. The zero-order valence-corrected chi connectivity index (χ0v) is 13.6. The van der Waals surface area contributed by atoms with Gasteiger partial charge in [-0.3, -0.25) is 9.71 Å². The fourth-order valence-electron chi connectivity index (χ4n) is 1.34.